The average molecular weight is 1150 g/mol. The van der Waals surface area contributed by atoms with Crippen LogP contribution in [0.2, 0.25) is 0 Å². The van der Waals surface area contributed by atoms with Crippen LogP contribution in [0.4, 0.5) is 0 Å². The Balaban J connectivity index is 0.819. The number of aliphatic hydroxyl groups is 7. The van der Waals surface area contributed by atoms with Crippen molar-refractivity contribution in [2.45, 2.75) is 187 Å². The van der Waals surface area contributed by atoms with Crippen molar-refractivity contribution in [2.75, 3.05) is 32.8 Å². The number of fused-ring (bicyclic) bond motifs is 1. The molecular formula is C57H80N10O15. The molecule has 19 atom stereocenters. The monoisotopic (exact) mass is 1140 g/mol. The molecule has 25 nitrogen and oxygen atoms in total. The summed E-state index contributed by atoms with van der Waals surface area (Å²) < 4.78 is 36.5. The van der Waals surface area contributed by atoms with Gasteiger partial charge in [-0.15, -0.1) is 0 Å². The molecule has 19 N–H and O–H groups in total. The van der Waals surface area contributed by atoms with Crippen LogP contribution in [0.15, 0.2) is 60.7 Å². The highest BCUT2D eigenvalue weighted by Crippen LogP contribution is 2.35. The highest BCUT2D eigenvalue weighted by Gasteiger charge is 2.54. The van der Waals surface area contributed by atoms with Crippen molar-refractivity contribution in [3.63, 3.8) is 0 Å². The van der Waals surface area contributed by atoms with E-state index in [4.69, 9.17) is 61.3 Å². The number of nitrogens with one attached hydrogen (secondary N) is 4. The smallest absolute Gasteiger partial charge is 0.220 e. The largest absolute Gasteiger partial charge is 0.394 e. The van der Waals surface area contributed by atoms with E-state index in [9.17, 15) is 45.3 Å². The van der Waals surface area contributed by atoms with Crippen molar-refractivity contribution in [1.29, 1.82) is 0 Å². The number of nitrogens with two attached hydrogens (primary N) is 4. The molecule has 3 saturated heterocycles. The molecule has 0 unspecified atom stereocenters. The number of hydrogen-bond acceptors (Lipinski definition) is 23. The van der Waals surface area contributed by atoms with Gasteiger partial charge in [-0.2, -0.15) is 0 Å². The van der Waals surface area contributed by atoms with Crippen LogP contribution in [0.25, 0.3) is 43.6 Å². The Labute approximate surface area is 473 Å². The maximum Gasteiger partial charge on any atom is 0.220 e. The molecular weight excluding hydrogens is 1060 g/mol. The number of hydrogen-bond donors (Lipinski definition) is 15. The molecule has 3 aromatic carbocycles. The van der Waals surface area contributed by atoms with E-state index in [1.807, 2.05) is 18.2 Å². The Bertz CT molecular complexity index is 2990. The number of benzene rings is 3. The van der Waals surface area contributed by atoms with Gasteiger partial charge in [0.1, 0.15) is 67.1 Å². The Morgan fingerprint density at radius 1 is 0.500 bits per heavy atom. The SMILES string of the molecule is N[C@H]1[C@H]2O[C@H]3[C@@H](O)[C@H](O[C@H]4[C@@H](O)[C@H](N)C[C@H](N)[C@H]4O[C@H]4O[C@H](CNC(=O)CCCCCNCc5ccc6nc7ccc8cc9cc(ccc9nc8c7cc6c5)CNCCCCCC(=O)NC[C@H](O2)[C@@H](O)[C@@H]1O)[C@@H](O)[C@H](O)[C@H]4N)O[C@@H]3CO. The first kappa shape index (κ1) is 60.3. The minimum atomic E-state index is -1.72. The lowest BCUT2D eigenvalue weighted by molar-refractivity contribution is -0.307. The van der Waals surface area contributed by atoms with Gasteiger partial charge >= 0.3 is 0 Å². The van der Waals surface area contributed by atoms with E-state index < -0.39 is 123 Å². The quantitative estimate of drug-likeness (QED) is 0.0628. The molecule has 7 aliphatic rings. The molecule has 1 aliphatic carbocycles. The standard InChI is InChI=1S/C57H80N10O15/c58-33-21-34(59)52-54(46(33)71)82-57-51(76)53(40(26-68)79-57)81-56-44(61)50(75)48(73)39(78-56)25-65-42(70)8-3-1-5-15-62-22-27-10-13-36-30(17-27)19-29-11-14-37-32(45(29)67-36)20-31-18-28(9-12-35(31)66-37)23-63-16-6-2-4-7-41(69)64-24-38-47(72)49(74)43(60)55(77-38)80-52/h9-14,17-20,33-34,38-40,43-44,46-57,62-63,68,71-76H,1-8,15-16,21-26,58-61H2,(H,64,69)(H,65,70)/t33-,34+,38-,39+,40-,43-,44-,46+,47-,48-,49-,50-,51-,52-,53-,54+,55-,56-,57+/m1/s1. The first-order valence-electron chi connectivity index (χ1n) is 28.7. The van der Waals surface area contributed by atoms with Gasteiger partial charge in [-0.05, 0) is 98.8 Å². The maximum absolute atomic E-state index is 13.1. The lowest BCUT2D eigenvalue weighted by Gasteiger charge is -2.47. The first-order valence-corrected chi connectivity index (χ1v) is 28.7. The number of pyridine rings is 2. The number of carbonyl (C=O) groups is 2. The van der Waals surface area contributed by atoms with Gasteiger partial charge in [0.05, 0.1) is 46.9 Å². The van der Waals surface area contributed by atoms with Gasteiger partial charge in [-0.3, -0.25) is 9.59 Å². The summed E-state index contributed by atoms with van der Waals surface area (Å²) >= 11 is 0. The second-order valence-electron chi connectivity index (χ2n) is 22.6. The number of nitrogens with zero attached hydrogens (tertiary/aromatic N) is 2. The van der Waals surface area contributed by atoms with E-state index in [0.717, 1.165) is 93.5 Å². The van der Waals surface area contributed by atoms with Crippen LogP contribution in [0.1, 0.15) is 68.9 Å². The van der Waals surface area contributed by atoms with Gasteiger partial charge in [-0.1, -0.05) is 31.0 Å². The Hall–Kier alpha value is -4.82. The van der Waals surface area contributed by atoms with Crippen molar-refractivity contribution in [3.05, 3.63) is 71.8 Å². The molecule has 2 aromatic heterocycles. The summed E-state index contributed by atoms with van der Waals surface area (Å²) in [4.78, 5) is 36.2. The van der Waals surface area contributed by atoms with E-state index in [0.29, 0.717) is 25.9 Å². The molecule has 0 radical (unpaired) electrons. The number of amides is 2. The molecule has 82 heavy (non-hydrogen) atoms. The molecule has 8 heterocycles. The number of rotatable bonds is 1. The lowest BCUT2D eigenvalue weighted by atomic mass is 9.84. The van der Waals surface area contributed by atoms with Crippen molar-refractivity contribution < 1.29 is 73.8 Å². The summed E-state index contributed by atoms with van der Waals surface area (Å²) in [7, 11) is 0. The fourth-order valence-electron chi connectivity index (χ4n) is 11.7. The third-order valence-corrected chi connectivity index (χ3v) is 16.6. The van der Waals surface area contributed by atoms with Crippen LogP contribution in [0.5, 0.6) is 0 Å². The van der Waals surface area contributed by atoms with Crippen LogP contribution < -0.4 is 44.2 Å². The lowest BCUT2D eigenvalue weighted by Crippen LogP contribution is -2.68. The molecule has 0 spiro atoms. The zero-order valence-corrected chi connectivity index (χ0v) is 45.7. The van der Waals surface area contributed by atoms with Crippen LogP contribution in [-0.2, 0) is 51.1 Å². The van der Waals surface area contributed by atoms with Gasteiger partial charge in [0.2, 0.25) is 11.8 Å². The van der Waals surface area contributed by atoms with Crippen molar-refractivity contribution >= 4 is 55.4 Å². The highest BCUT2D eigenvalue weighted by molar-refractivity contribution is 6.10. The average Bonchev–Trinajstić information content (AvgIpc) is 3.84. The first-order chi connectivity index (χ1) is 39.5. The Kier molecular flexibility index (Phi) is 19.9. The van der Waals surface area contributed by atoms with Gasteiger partial charge in [0, 0.05) is 72.6 Å². The fourth-order valence-corrected chi connectivity index (χ4v) is 11.7. The molecule has 2 amide bonds. The summed E-state index contributed by atoms with van der Waals surface area (Å²) in [5.41, 5.74) is 31.2. The van der Waals surface area contributed by atoms with Crippen LogP contribution in [0.3, 0.4) is 0 Å². The summed E-state index contributed by atoms with van der Waals surface area (Å²) in [6.45, 7) is 1.62. The number of ether oxygens (including phenoxy) is 6. The predicted molar refractivity (Wildman–Crippen MR) is 299 cm³/mol. The normalized spacial score (nSPS) is 37.0. The third-order valence-electron chi connectivity index (χ3n) is 16.6. The molecule has 1 saturated carbocycles. The number of aromatic nitrogens is 2. The van der Waals surface area contributed by atoms with Crippen molar-refractivity contribution in [2.24, 2.45) is 22.9 Å². The summed E-state index contributed by atoms with van der Waals surface area (Å²) in [6.07, 6.45) is -17.1. The zero-order chi connectivity index (χ0) is 57.8. The minimum absolute atomic E-state index is 0.0203. The van der Waals surface area contributed by atoms with E-state index in [1.165, 1.54) is 0 Å². The maximum atomic E-state index is 13.1. The number of carbonyl (C=O) groups excluding carboxylic acids is 2. The molecule has 6 aliphatic heterocycles. The van der Waals surface area contributed by atoms with E-state index >= 15 is 0 Å². The van der Waals surface area contributed by atoms with Crippen molar-refractivity contribution in [3.8, 4) is 0 Å². The number of aliphatic hydroxyl groups excluding tert-OH is 7. The topological polar surface area (TPSA) is 409 Å². The van der Waals surface area contributed by atoms with Crippen LogP contribution in [-0.4, -0.2) is 207 Å². The zero-order valence-electron chi connectivity index (χ0n) is 45.7. The summed E-state index contributed by atoms with van der Waals surface area (Å²) in [6, 6.07) is 16.3. The van der Waals surface area contributed by atoms with Gasteiger partial charge in [0.25, 0.3) is 0 Å². The van der Waals surface area contributed by atoms with Gasteiger partial charge < -0.3 is 108 Å². The third kappa shape index (κ3) is 13.6. The second-order valence-corrected chi connectivity index (χ2v) is 22.6. The molecule has 14 bridgehead atoms. The van der Waals surface area contributed by atoms with Gasteiger partial charge in [0.15, 0.2) is 18.9 Å². The van der Waals surface area contributed by atoms with Gasteiger partial charge in [-0.25, -0.2) is 9.97 Å². The Morgan fingerprint density at radius 3 is 1.62 bits per heavy atom. The van der Waals surface area contributed by atoms with E-state index in [1.54, 1.807) is 0 Å². The van der Waals surface area contributed by atoms with Crippen LogP contribution >= 0.6 is 0 Å². The molecule has 25 heteroatoms. The second kappa shape index (κ2) is 27.0. The molecule has 5 aromatic rings. The summed E-state index contributed by atoms with van der Waals surface area (Å²) in [5.74, 6) is -0.597. The minimum Gasteiger partial charge on any atom is -0.394 e. The fraction of sp³-hybridized carbons (Fsp3) is 0.614. The molecule has 4 fully saturated rings. The molecule has 12 rings (SSSR count). The van der Waals surface area contributed by atoms with E-state index in [-0.39, 0.29) is 44.2 Å². The summed E-state index contributed by atoms with van der Waals surface area (Å²) in [5, 5.41) is 94.2. The molecule has 448 valence electrons. The predicted octanol–water partition coefficient (Wildman–Crippen LogP) is -2.16. The highest BCUT2D eigenvalue weighted by atomic mass is 16.8. The Morgan fingerprint density at radius 2 is 1.04 bits per heavy atom. The van der Waals surface area contributed by atoms with Crippen LogP contribution in [0, 0.1) is 0 Å². The van der Waals surface area contributed by atoms with Crippen molar-refractivity contribution in [1.82, 2.24) is 31.2 Å². The van der Waals surface area contributed by atoms with E-state index in [2.05, 4.69) is 63.7 Å².